The molecule has 1 aromatic carbocycles. The van der Waals surface area contributed by atoms with Crippen molar-refractivity contribution in [3.63, 3.8) is 0 Å². The third-order valence-corrected chi connectivity index (χ3v) is 5.69. The zero-order chi connectivity index (χ0) is 22.8. The van der Waals surface area contributed by atoms with Gasteiger partial charge in [-0.05, 0) is 24.1 Å². The summed E-state index contributed by atoms with van der Waals surface area (Å²) >= 11 is 0. The second-order valence-corrected chi connectivity index (χ2v) is 7.70. The Labute approximate surface area is 182 Å². The number of rotatable bonds is 4. The maximum absolute atomic E-state index is 15.1. The zero-order valence-electron chi connectivity index (χ0n) is 17.3. The molecule has 2 fully saturated rings. The van der Waals surface area contributed by atoms with E-state index in [1.54, 1.807) is 4.90 Å². The highest BCUT2D eigenvalue weighted by Gasteiger charge is 2.42. The molecular formula is C21H22F3N5O3. The predicted octanol–water partition coefficient (Wildman–Crippen LogP) is 2.18. The summed E-state index contributed by atoms with van der Waals surface area (Å²) in [6.45, 7) is 0.412. The largest absolute Gasteiger partial charge is 0.354 e. The lowest BCUT2D eigenvalue weighted by Crippen LogP contribution is -2.49. The lowest BCUT2D eigenvalue weighted by atomic mass is 9.92. The van der Waals surface area contributed by atoms with Gasteiger partial charge in [0.05, 0.1) is 25.1 Å². The van der Waals surface area contributed by atoms with Gasteiger partial charge < -0.3 is 10.2 Å². The molecule has 0 spiro atoms. The van der Waals surface area contributed by atoms with Gasteiger partial charge in [0.1, 0.15) is 35.6 Å². The van der Waals surface area contributed by atoms with Crippen molar-refractivity contribution in [1.82, 2.24) is 20.3 Å². The molecule has 3 heterocycles. The lowest BCUT2D eigenvalue weighted by molar-refractivity contribution is -0.184. The molecule has 11 heteroatoms. The quantitative estimate of drug-likeness (QED) is 0.770. The van der Waals surface area contributed by atoms with Gasteiger partial charge in [-0.1, -0.05) is 0 Å². The van der Waals surface area contributed by atoms with E-state index in [1.165, 1.54) is 19.4 Å². The van der Waals surface area contributed by atoms with Gasteiger partial charge in [-0.25, -0.2) is 28.2 Å². The van der Waals surface area contributed by atoms with Crippen LogP contribution in [0.3, 0.4) is 0 Å². The van der Waals surface area contributed by atoms with Crippen molar-refractivity contribution in [2.45, 2.75) is 25.1 Å². The summed E-state index contributed by atoms with van der Waals surface area (Å²) in [5, 5.41) is 3.52. The molecule has 32 heavy (non-hydrogen) atoms. The molecule has 0 saturated carbocycles. The number of halogens is 3. The monoisotopic (exact) mass is 449 g/mol. The van der Waals surface area contributed by atoms with Gasteiger partial charge >= 0.3 is 0 Å². The first-order valence-electron chi connectivity index (χ1n) is 10.2. The average molecular weight is 449 g/mol. The van der Waals surface area contributed by atoms with Crippen LogP contribution in [0.25, 0.3) is 0 Å². The Kier molecular flexibility index (Phi) is 6.26. The van der Waals surface area contributed by atoms with Crippen LogP contribution in [0.5, 0.6) is 0 Å². The second-order valence-electron chi connectivity index (χ2n) is 7.70. The van der Waals surface area contributed by atoms with E-state index in [0.29, 0.717) is 18.8 Å². The summed E-state index contributed by atoms with van der Waals surface area (Å²) in [5.41, 5.74) is 0.422. The van der Waals surface area contributed by atoms with E-state index in [2.05, 4.69) is 15.3 Å². The van der Waals surface area contributed by atoms with E-state index in [0.717, 1.165) is 23.3 Å². The van der Waals surface area contributed by atoms with Crippen molar-refractivity contribution in [2.24, 2.45) is 5.92 Å². The van der Waals surface area contributed by atoms with Crippen LogP contribution in [0, 0.1) is 17.6 Å². The van der Waals surface area contributed by atoms with E-state index < -0.39 is 35.7 Å². The van der Waals surface area contributed by atoms with E-state index in [-0.39, 0.29) is 36.7 Å². The van der Waals surface area contributed by atoms with Crippen molar-refractivity contribution in [2.75, 3.05) is 31.6 Å². The van der Waals surface area contributed by atoms with Crippen LogP contribution in [-0.2, 0) is 9.63 Å². The topological polar surface area (TPSA) is 87.7 Å². The van der Waals surface area contributed by atoms with Crippen LogP contribution >= 0.6 is 0 Å². The van der Waals surface area contributed by atoms with Crippen LogP contribution < -0.4 is 10.2 Å². The first kappa shape index (κ1) is 22.0. The van der Waals surface area contributed by atoms with Gasteiger partial charge in [0, 0.05) is 32.1 Å². The number of aromatic nitrogens is 2. The van der Waals surface area contributed by atoms with Gasteiger partial charge in [-0.15, -0.1) is 0 Å². The van der Waals surface area contributed by atoms with Crippen molar-refractivity contribution >= 4 is 17.6 Å². The molecule has 170 valence electrons. The minimum absolute atomic E-state index is 0.103. The molecule has 2 aliphatic rings. The summed E-state index contributed by atoms with van der Waals surface area (Å²) < 4.78 is 42.4. The fraction of sp³-hybridized carbons (Fsp3) is 0.429. The number of anilines is 1. The lowest BCUT2D eigenvalue weighted by Gasteiger charge is -2.36. The Balaban J connectivity index is 1.46. The standard InChI is InChI=1S/C21H22F3N5O3/c1-25-20(30)17-9-19(27-11-26-17)28-4-2-15(16(24)10-28)21(31)29-18(3-5-32-29)12-6-13(22)8-14(23)7-12/h6-9,11,15-16,18H,2-5,10H2,1H3,(H,25,30)/t15-,16+,18?/m1/s1. The molecule has 0 aliphatic carbocycles. The number of nitrogens with one attached hydrogen (secondary N) is 1. The van der Waals surface area contributed by atoms with Gasteiger partial charge in [0.25, 0.3) is 11.8 Å². The number of alkyl halides is 1. The number of piperidine rings is 1. The third-order valence-electron chi connectivity index (χ3n) is 5.69. The molecule has 0 radical (unpaired) electrons. The molecule has 8 nitrogen and oxygen atoms in total. The van der Waals surface area contributed by atoms with E-state index >= 15 is 4.39 Å². The van der Waals surface area contributed by atoms with Crippen LogP contribution in [0.2, 0.25) is 0 Å². The van der Waals surface area contributed by atoms with E-state index in [1.807, 2.05) is 0 Å². The maximum atomic E-state index is 15.1. The molecule has 4 rings (SSSR count). The molecule has 1 aromatic heterocycles. The Hall–Kier alpha value is -3.21. The molecule has 2 amide bonds. The molecule has 3 atom stereocenters. The van der Waals surface area contributed by atoms with Gasteiger partial charge in [-0.2, -0.15) is 0 Å². The van der Waals surface area contributed by atoms with Gasteiger partial charge in [-0.3, -0.25) is 14.4 Å². The fourth-order valence-electron chi connectivity index (χ4n) is 4.08. The number of benzene rings is 1. The van der Waals surface area contributed by atoms with Gasteiger partial charge in [0.2, 0.25) is 0 Å². The number of carbonyl (C=O) groups excluding carboxylic acids is 2. The second kappa shape index (κ2) is 9.11. The Morgan fingerprint density at radius 1 is 1.12 bits per heavy atom. The summed E-state index contributed by atoms with van der Waals surface area (Å²) in [5.74, 6) is -3.03. The molecule has 2 saturated heterocycles. The molecular weight excluding hydrogens is 427 g/mol. The average Bonchev–Trinajstić information content (AvgIpc) is 3.27. The minimum atomic E-state index is -1.52. The highest BCUT2D eigenvalue weighted by molar-refractivity contribution is 5.92. The summed E-state index contributed by atoms with van der Waals surface area (Å²) in [6.07, 6.45) is 0.242. The number of amides is 2. The summed E-state index contributed by atoms with van der Waals surface area (Å²) in [4.78, 5) is 39.9. The highest BCUT2D eigenvalue weighted by Crippen LogP contribution is 2.35. The van der Waals surface area contributed by atoms with E-state index in [9.17, 15) is 18.4 Å². The first-order chi connectivity index (χ1) is 15.4. The van der Waals surface area contributed by atoms with Crippen LogP contribution in [0.1, 0.15) is 34.9 Å². The SMILES string of the molecule is CNC(=O)c1cc(N2CC[C@@H](C(=O)N3OCCC3c3cc(F)cc(F)c3)[C@@H](F)C2)ncn1. The van der Waals surface area contributed by atoms with Crippen LogP contribution in [-0.4, -0.2) is 59.8 Å². The number of hydrogen-bond donors (Lipinski definition) is 1. The molecule has 0 bridgehead atoms. The van der Waals surface area contributed by atoms with E-state index in [4.69, 9.17) is 4.84 Å². The number of carbonyl (C=O) groups is 2. The van der Waals surface area contributed by atoms with Crippen LogP contribution in [0.4, 0.5) is 19.0 Å². The van der Waals surface area contributed by atoms with Gasteiger partial charge in [0.15, 0.2) is 0 Å². The molecule has 1 unspecified atom stereocenters. The zero-order valence-corrected chi connectivity index (χ0v) is 17.3. The highest BCUT2D eigenvalue weighted by atomic mass is 19.1. The Morgan fingerprint density at radius 3 is 2.56 bits per heavy atom. The van der Waals surface area contributed by atoms with Crippen molar-refractivity contribution < 1.29 is 27.6 Å². The fourth-order valence-corrected chi connectivity index (χ4v) is 4.08. The maximum Gasteiger partial charge on any atom is 0.269 e. The Morgan fingerprint density at radius 2 is 1.88 bits per heavy atom. The number of hydrogen-bond acceptors (Lipinski definition) is 6. The first-order valence-corrected chi connectivity index (χ1v) is 10.2. The number of hydroxylamine groups is 2. The van der Waals surface area contributed by atoms with Crippen molar-refractivity contribution in [3.8, 4) is 0 Å². The van der Waals surface area contributed by atoms with Crippen LogP contribution in [0.15, 0.2) is 30.6 Å². The smallest absolute Gasteiger partial charge is 0.269 e. The van der Waals surface area contributed by atoms with Crippen molar-refractivity contribution in [3.05, 3.63) is 53.5 Å². The Bertz CT molecular complexity index is 1000. The molecule has 2 aromatic rings. The minimum Gasteiger partial charge on any atom is -0.354 e. The summed E-state index contributed by atoms with van der Waals surface area (Å²) in [7, 11) is 1.48. The molecule has 1 N–H and O–H groups in total. The third kappa shape index (κ3) is 4.38. The predicted molar refractivity (Wildman–Crippen MR) is 107 cm³/mol. The number of nitrogens with zero attached hydrogens (tertiary/aromatic N) is 4. The summed E-state index contributed by atoms with van der Waals surface area (Å²) in [6, 6.07) is 3.83. The normalized spacial score (nSPS) is 23.3. The van der Waals surface area contributed by atoms with Crippen molar-refractivity contribution in [1.29, 1.82) is 0 Å². The molecule has 2 aliphatic heterocycles.